The van der Waals surface area contributed by atoms with Crippen LogP contribution < -0.4 is 0 Å². The van der Waals surface area contributed by atoms with Crippen LogP contribution in [0.25, 0.3) is 0 Å². The molecule has 1 unspecified atom stereocenters. The van der Waals surface area contributed by atoms with E-state index in [-0.39, 0.29) is 12.0 Å². The maximum Gasteiger partial charge on any atom is 0.370 e. The number of ether oxygens (including phenoxy) is 2. The standard InChI is InChI=1S/C24H29O4S.2CH3.Al/c1-6-16-8-9-17(29-5)13-18(16)21-15(3)20-10-7-14(2)19-11-12-23(4)26-22(25-21)24(19,20)28-27-23;;;/h8-9,13-15,19-22H,7,10-12H2,2-5H3;2*1H3;/t14-,15-,19+,20+,21-,22-,23-,24?;;;/m1.../s1. The lowest BCUT2D eigenvalue weighted by Gasteiger charge is -2.60. The molecule has 1 aliphatic carbocycles. The third kappa shape index (κ3) is 3.70. The van der Waals surface area contributed by atoms with E-state index in [9.17, 15) is 0 Å². The number of benzene rings is 1. The summed E-state index contributed by atoms with van der Waals surface area (Å²) in [7, 11) is 0. The molecule has 32 heavy (non-hydrogen) atoms. The van der Waals surface area contributed by atoms with Crippen LogP contribution in [0.1, 0.15) is 63.7 Å². The van der Waals surface area contributed by atoms with Crippen LogP contribution in [0.15, 0.2) is 23.1 Å². The fourth-order valence-corrected chi connectivity index (χ4v) is 7.39. The zero-order valence-corrected chi connectivity index (χ0v) is 22.1. The topological polar surface area (TPSA) is 36.9 Å². The summed E-state index contributed by atoms with van der Waals surface area (Å²) in [5.41, 5.74) is 1.78. The lowest BCUT2D eigenvalue weighted by atomic mass is 9.57. The fourth-order valence-electron chi connectivity index (χ4n) is 6.50. The summed E-state index contributed by atoms with van der Waals surface area (Å²) in [5.74, 6) is 8.87. The molecule has 2 bridgehead atoms. The van der Waals surface area contributed by atoms with Crippen LogP contribution in [0.3, 0.4) is 0 Å². The molecule has 172 valence electrons. The Morgan fingerprint density at radius 3 is 2.66 bits per heavy atom. The van der Waals surface area contributed by atoms with Crippen molar-refractivity contribution in [3.63, 3.8) is 0 Å². The summed E-state index contributed by atoms with van der Waals surface area (Å²) in [5, 5.41) is 0. The van der Waals surface area contributed by atoms with Crippen molar-refractivity contribution in [2.24, 2.45) is 23.7 Å². The highest BCUT2D eigenvalue weighted by Crippen LogP contribution is 2.62. The van der Waals surface area contributed by atoms with Gasteiger partial charge in [0, 0.05) is 22.8 Å². The quantitative estimate of drug-likeness (QED) is 0.230. The van der Waals surface area contributed by atoms with Crippen LogP contribution >= 0.6 is 11.8 Å². The zero-order valence-electron chi connectivity index (χ0n) is 20.1. The average Bonchev–Trinajstić information content (AvgIpc) is 3.00. The van der Waals surface area contributed by atoms with Gasteiger partial charge in [-0.3, -0.25) is 0 Å². The van der Waals surface area contributed by atoms with Crippen LogP contribution in [-0.4, -0.2) is 38.1 Å². The summed E-state index contributed by atoms with van der Waals surface area (Å²) in [6.07, 6.45) is 5.87. The molecule has 8 atom stereocenters. The van der Waals surface area contributed by atoms with Gasteiger partial charge in [-0.25, -0.2) is 14.6 Å². The molecule has 0 N–H and O–H groups in total. The third-order valence-corrected chi connectivity index (χ3v) is 9.67. The molecule has 6 rings (SSSR count). The van der Waals surface area contributed by atoms with Crippen molar-refractivity contribution in [3.8, 4) is 10.7 Å². The molecule has 0 aromatic heterocycles. The Morgan fingerprint density at radius 1 is 1.09 bits per heavy atom. The monoisotopic (exact) mass is 470 g/mol. The predicted molar refractivity (Wildman–Crippen MR) is 128 cm³/mol. The minimum absolute atomic E-state index is 0.0681. The smallest absolute Gasteiger partial charge is 0.341 e. The van der Waals surface area contributed by atoms with Gasteiger partial charge in [0.1, 0.15) is 0 Å². The lowest BCUT2D eigenvalue weighted by molar-refractivity contribution is -0.571. The van der Waals surface area contributed by atoms with Gasteiger partial charge in [-0.05, 0) is 74.0 Å². The summed E-state index contributed by atoms with van der Waals surface area (Å²) >= 11 is 0.783. The van der Waals surface area contributed by atoms with Gasteiger partial charge in [-0.2, -0.15) is 0 Å². The van der Waals surface area contributed by atoms with Gasteiger partial charge in [-0.15, -0.1) is 11.8 Å². The van der Waals surface area contributed by atoms with Crippen LogP contribution in [0.5, 0.6) is 0 Å². The molecule has 0 radical (unpaired) electrons. The van der Waals surface area contributed by atoms with Gasteiger partial charge in [0.15, 0.2) is 11.9 Å². The Hall–Kier alpha value is -0.498. The molecule has 0 amide bonds. The van der Waals surface area contributed by atoms with E-state index in [1.54, 1.807) is 11.8 Å². The fraction of sp³-hybridized carbons (Fsp3) is 0.692. The molecular weight excluding hydrogens is 435 g/mol. The van der Waals surface area contributed by atoms with E-state index in [0.717, 1.165) is 24.8 Å². The normalized spacial score (nSPS) is 42.4. The van der Waals surface area contributed by atoms with E-state index < -0.39 is 31.8 Å². The molecule has 4 nitrogen and oxygen atoms in total. The van der Waals surface area contributed by atoms with Gasteiger partial charge in [0.25, 0.3) is 0 Å². The largest absolute Gasteiger partial charge is 0.370 e. The van der Waals surface area contributed by atoms with Crippen molar-refractivity contribution >= 4 is 25.9 Å². The first kappa shape index (κ1) is 23.3. The molecule has 4 saturated heterocycles. The second-order valence-corrected chi connectivity index (χ2v) is 14.2. The molecule has 4 aliphatic heterocycles. The maximum absolute atomic E-state index is 6.90. The first-order valence-corrected chi connectivity index (χ1v) is 16.3. The molecule has 5 aliphatic rings. The lowest BCUT2D eigenvalue weighted by Crippen LogP contribution is -2.69. The molecule has 6 heteroatoms. The van der Waals surface area contributed by atoms with E-state index in [4.69, 9.17) is 19.2 Å². The Morgan fingerprint density at radius 2 is 1.91 bits per heavy atom. The van der Waals surface area contributed by atoms with Crippen molar-refractivity contribution in [2.75, 3.05) is 6.26 Å². The van der Waals surface area contributed by atoms with Gasteiger partial charge in [-0.1, -0.05) is 31.3 Å². The number of rotatable bonds is 2. The molecule has 5 fully saturated rings. The van der Waals surface area contributed by atoms with E-state index in [1.165, 1.54) is 16.9 Å². The second-order valence-electron chi connectivity index (χ2n) is 10.7. The molecule has 4 heterocycles. The number of fused-ring (bicyclic) bond motifs is 2. The SMILES string of the molecule is CSc1ccc(C#[C][Al]([CH3])[CH3])c([C@@H]2O[C@@H]3O[C@@]4(C)CC[C@H]5[C@H](C)CC[C@@H]([C@H]2C)C35OO4)c1. The average molecular weight is 471 g/mol. The third-order valence-electron chi connectivity index (χ3n) is 8.22. The van der Waals surface area contributed by atoms with E-state index in [2.05, 4.69) is 60.6 Å². The Kier molecular flexibility index (Phi) is 6.26. The molecule has 1 aromatic carbocycles. The van der Waals surface area contributed by atoms with E-state index in [1.807, 2.05) is 6.92 Å². The van der Waals surface area contributed by atoms with Crippen molar-refractivity contribution in [2.45, 2.75) is 86.7 Å². The maximum atomic E-state index is 6.90. The van der Waals surface area contributed by atoms with Crippen LogP contribution in [0.2, 0.25) is 11.6 Å². The van der Waals surface area contributed by atoms with Crippen LogP contribution in [-0.2, 0) is 19.2 Å². The van der Waals surface area contributed by atoms with E-state index >= 15 is 0 Å². The predicted octanol–water partition coefficient (Wildman–Crippen LogP) is 5.98. The number of hydrogen-bond donors (Lipinski definition) is 0. The van der Waals surface area contributed by atoms with Crippen molar-refractivity contribution in [3.05, 3.63) is 29.3 Å². The Labute approximate surface area is 201 Å². The van der Waals surface area contributed by atoms with Crippen LogP contribution in [0, 0.1) is 34.4 Å². The van der Waals surface area contributed by atoms with Gasteiger partial charge in [0.2, 0.25) is 5.79 Å². The minimum atomic E-state index is -0.982. The van der Waals surface area contributed by atoms with Crippen LogP contribution in [0.4, 0.5) is 0 Å². The molecular formula is C26H35AlO4S. The first-order chi connectivity index (χ1) is 15.3. The molecule has 1 spiro atoms. The zero-order chi connectivity index (χ0) is 22.7. The number of thioether (sulfide) groups is 1. The Balaban J connectivity index is 1.59. The molecule has 1 aromatic rings. The number of hydrogen-bond acceptors (Lipinski definition) is 5. The van der Waals surface area contributed by atoms with Crippen molar-refractivity contribution in [1.82, 2.24) is 0 Å². The summed E-state index contributed by atoms with van der Waals surface area (Å²) in [4.78, 5) is 17.0. The highest BCUT2D eigenvalue weighted by molar-refractivity contribution is 7.98. The Bertz CT molecular complexity index is 941. The highest BCUT2D eigenvalue weighted by atomic mass is 32.2. The minimum Gasteiger partial charge on any atom is -0.341 e. The first-order valence-electron chi connectivity index (χ1n) is 12.2. The summed E-state index contributed by atoms with van der Waals surface area (Å²) < 4.78 is 13.5. The van der Waals surface area contributed by atoms with Gasteiger partial charge >= 0.3 is 14.1 Å². The summed E-state index contributed by atoms with van der Waals surface area (Å²) in [6.45, 7) is 6.68. The highest BCUT2D eigenvalue weighted by Gasteiger charge is 2.69. The van der Waals surface area contributed by atoms with Crippen molar-refractivity contribution in [1.29, 1.82) is 0 Å². The van der Waals surface area contributed by atoms with E-state index in [0.29, 0.717) is 17.8 Å². The van der Waals surface area contributed by atoms with Crippen molar-refractivity contribution < 1.29 is 19.2 Å². The van der Waals surface area contributed by atoms with Gasteiger partial charge < -0.3 is 9.47 Å². The second kappa shape index (κ2) is 8.62. The van der Waals surface area contributed by atoms with Gasteiger partial charge in [0.05, 0.1) is 6.10 Å². The summed E-state index contributed by atoms with van der Waals surface area (Å²) in [6, 6.07) is 6.64. The molecule has 1 saturated carbocycles.